The summed E-state index contributed by atoms with van der Waals surface area (Å²) < 4.78 is 0. The second kappa shape index (κ2) is 3.47. The van der Waals surface area contributed by atoms with Crippen molar-refractivity contribution in [2.45, 2.75) is 0 Å². The van der Waals surface area contributed by atoms with Gasteiger partial charge in [-0.05, 0) is 18.2 Å². The standard InChI is InChI=1S/C7H7N3O2/c1-2-5-3-4-6(10-9-5)8-7(11)12/h2-4H,1H2,(H,8,10)(H,11,12). The number of carboxylic acid groups (broad SMARTS) is 1. The lowest BCUT2D eigenvalue weighted by Gasteiger charge is -1.97. The van der Waals surface area contributed by atoms with Gasteiger partial charge in [0.05, 0.1) is 5.69 Å². The van der Waals surface area contributed by atoms with Crippen LogP contribution in [0.5, 0.6) is 0 Å². The molecule has 1 aromatic heterocycles. The average Bonchev–Trinajstić information content (AvgIpc) is 2.05. The van der Waals surface area contributed by atoms with Crippen LogP contribution < -0.4 is 5.32 Å². The van der Waals surface area contributed by atoms with Crippen molar-refractivity contribution in [2.24, 2.45) is 0 Å². The molecule has 0 fully saturated rings. The molecule has 1 aromatic rings. The van der Waals surface area contributed by atoms with Gasteiger partial charge < -0.3 is 5.11 Å². The van der Waals surface area contributed by atoms with Gasteiger partial charge in [-0.15, -0.1) is 10.2 Å². The lowest BCUT2D eigenvalue weighted by Crippen LogP contribution is -2.09. The highest BCUT2D eigenvalue weighted by molar-refractivity contribution is 5.81. The van der Waals surface area contributed by atoms with Gasteiger partial charge in [0, 0.05) is 0 Å². The molecule has 0 bridgehead atoms. The molecule has 12 heavy (non-hydrogen) atoms. The van der Waals surface area contributed by atoms with Gasteiger partial charge in [0.15, 0.2) is 5.82 Å². The van der Waals surface area contributed by atoms with Crippen LogP contribution in [0.25, 0.3) is 6.08 Å². The summed E-state index contributed by atoms with van der Waals surface area (Å²) in [4.78, 5) is 10.1. The zero-order valence-electron chi connectivity index (χ0n) is 6.19. The molecule has 5 heteroatoms. The molecule has 0 spiro atoms. The summed E-state index contributed by atoms with van der Waals surface area (Å²) in [5, 5.41) is 17.6. The quantitative estimate of drug-likeness (QED) is 0.690. The van der Waals surface area contributed by atoms with Crippen molar-refractivity contribution in [1.29, 1.82) is 0 Å². The number of aromatic nitrogens is 2. The molecule has 0 saturated heterocycles. The third-order valence-corrected chi connectivity index (χ3v) is 1.13. The van der Waals surface area contributed by atoms with Gasteiger partial charge in [-0.2, -0.15) is 0 Å². The molecule has 0 atom stereocenters. The third-order valence-electron chi connectivity index (χ3n) is 1.13. The molecule has 1 amide bonds. The van der Waals surface area contributed by atoms with Crippen molar-refractivity contribution in [2.75, 3.05) is 5.32 Å². The second-order valence-corrected chi connectivity index (χ2v) is 1.98. The van der Waals surface area contributed by atoms with E-state index in [-0.39, 0.29) is 5.82 Å². The number of carbonyl (C=O) groups is 1. The summed E-state index contributed by atoms with van der Waals surface area (Å²) in [5.41, 5.74) is 0.603. The Morgan fingerprint density at radius 1 is 1.58 bits per heavy atom. The number of amides is 1. The molecule has 0 saturated carbocycles. The normalized spacial score (nSPS) is 9.00. The van der Waals surface area contributed by atoms with E-state index in [4.69, 9.17) is 5.11 Å². The Bertz CT molecular complexity index is 294. The predicted molar refractivity (Wildman–Crippen MR) is 43.8 cm³/mol. The van der Waals surface area contributed by atoms with Crippen molar-refractivity contribution in [3.8, 4) is 0 Å². The van der Waals surface area contributed by atoms with Gasteiger partial charge in [0.25, 0.3) is 0 Å². The lowest BCUT2D eigenvalue weighted by atomic mass is 10.4. The van der Waals surface area contributed by atoms with Crippen LogP contribution >= 0.6 is 0 Å². The first-order valence-corrected chi connectivity index (χ1v) is 3.18. The van der Waals surface area contributed by atoms with Crippen LogP contribution in [0.4, 0.5) is 10.6 Å². The van der Waals surface area contributed by atoms with Gasteiger partial charge in [-0.25, -0.2) is 4.79 Å². The Balaban J connectivity index is 2.77. The van der Waals surface area contributed by atoms with E-state index in [1.54, 1.807) is 6.07 Å². The SMILES string of the molecule is C=Cc1ccc(NC(=O)O)nn1. The minimum Gasteiger partial charge on any atom is -0.465 e. The van der Waals surface area contributed by atoms with Crippen LogP contribution in [0.1, 0.15) is 5.69 Å². The minimum absolute atomic E-state index is 0.202. The van der Waals surface area contributed by atoms with Crippen molar-refractivity contribution < 1.29 is 9.90 Å². The van der Waals surface area contributed by atoms with E-state index in [0.717, 1.165) is 0 Å². The number of nitrogens with one attached hydrogen (secondary N) is 1. The molecule has 0 unspecified atom stereocenters. The summed E-state index contributed by atoms with van der Waals surface area (Å²) in [6.07, 6.45) is 0.369. The Kier molecular flexibility index (Phi) is 2.37. The van der Waals surface area contributed by atoms with Crippen molar-refractivity contribution >= 4 is 18.0 Å². The van der Waals surface area contributed by atoms with Crippen molar-refractivity contribution in [3.05, 3.63) is 24.4 Å². The van der Waals surface area contributed by atoms with E-state index < -0.39 is 6.09 Å². The van der Waals surface area contributed by atoms with Crippen LogP contribution in [0, 0.1) is 0 Å². The molecule has 5 nitrogen and oxygen atoms in total. The van der Waals surface area contributed by atoms with Gasteiger partial charge in [-0.1, -0.05) is 6.58 Å². The van der Waals surface area contributed by atoms with E-state index in [0.29, 0.717) is 5.69 Å². The first-order valence-electron chi connectivity index (χ1n) is 3.18. The van der Waals surface area contributed by atoms with Crippen LogP contribution in [0.3, 0.4) is 0 Å². The molecule has 0 aliphatic heterocycles. The number of rotatable bonds is 2. The molecule has 0 aliphatic carbocycles. The first kappa shape index (κ1) is 8.19. The van der Waals surface area contributed by atoms with Crippen LogP contribution in [-0.4, -0.2) is 21.4 Å². The highest BCUT2D eigenvalue weighted by Gasteiger charge is 1.98. The van der Waals surface area contributed by atoms with Crippen LogP contribution in [0.15, 0.2) is 18.7 Å². The zero-order valence-corrected chi connectivity index (χ0v) is 6.19. The van der Waals surface area contributed by atoms with E-state index in [2.05, 4.69) is 22.1 Å². The Morgan fingerprint density at radius 3 is 2.75 bits per heavy atom. The highest BCUT2D eigenvalue weighted by atomic mass is 16.4. The molecule has 0 aliphatic rings. The summed E-state index contributed by atoms with van der Waals surface area (Å²) in [6, 6.07) is 3.13. The van der Waals surface area contributed by atoms with Gasteiger partial charge >= 0.3 is 6.09 Å². The molecular formula is C7H7N3O2. The maximum atomic E-state index is 10.1. The van der Waals surface area contributed by atoms with Crippen molar-refractivity contribution in [3.63, 3.8) is 0 Å². The van der Waals surface area contributed by atoms with Gasteiger partial charge in [0.1, 0.15) is 0 Å². The van der Waals surface area contributed by atoms with Gasteiger partial charge in [-0.3, -0.25) is 5.32 Å². The van der Waals surface area contributed by atoms with E-state index in [9.17, 15) is 4.79 Å². The molecule has 62 valence electrons. The Morgan fingerprint density at radius 2 is 2.33 bits per heavy atom. The minimum atomic E-state index is -1.16. The average molecular weight is 165 g/mol. The summed E-state index contributed by atoms with van der Waals surface area (Å²) in [6.45, 7) is 3.48. The maximum Gasteiger partial charge on any atom is 0.410 e. The molecule has 2 N–H and O–H groups in total. The highest BCUT2D eigenvalue weighted by Crippen LogP contribution is 2.01. The lowest BCUT2D eigenvalue weighted by molar-refractivity contribution is 0.209. The molecule has 0 aromatic carbocycles. The van der Waals surface area contributed by atoms with Crippen LogP contribution in [-0.2, 0) is 0 Å². The third kappa shape index (κ3) is 2.05. The number of nitrogens with zero attached hydrogens (tertiary/aromatic N) is 2. The largest absolute Gasteiger partial charge is 0.465 e. The summed E-state index contributed by atoms with van der Waals surface area (Å²) in [5.74, 6) is 0.202. The zero-order chi connectivity index (χ0) is 8.97. The molecular weight excluding hydrogens is 158 g/mol. The smallest absolute Gasteiger partial charge is 0.410 e. The summed E-state index contributed by atoms with van der Waals surface area (Å²) in [7, 11) is 0. The van der Waals surface area contributed by atoms with E-state index in [1.165, 1.54) is 12.1 Å². The number of hydrogen-bond acceptors (Lipinski definition) is 3. The summed E-state index contributed by atoms with van der Waals surface area (Å²) >= 11 is 0. The fourth-order valence-corrected chi connectivity index (χ4v) is 0.628. The number of hydrogen-bond donors (Lipinski definition) is 2. The molecule has 1 rings (SSSR count). The van der Waals surface area contributed by atoms with Crippen LogP contribution in [0.2, 0.25) is 0 Å². The second-order valence-electron chi connectivity index (χ2n) is 1.98. The first-order chi connectivity index (χ1) is 5.72. The Hall–Kier alpha value is -1.91. The Labute approximate surface area is 68.7 Å². The monoisotopic (exact) mass is 165 g/mol. The number of anilines is 1. The topological polar surface area (TPSA) is 75.1 Å². The fraction of sp³-hybridized carbons (Fsp3) is 0. The fourth-order valence-electron chi connectivity index (χ4n) is 0.628. The molecule has 1 heterocycles. The van der Waals surface area contributed by atoms with E-state index >= 15 is 0 Å². The van der Waals surface area contributed by atoms with Crippen molar-refractivity contribution in [1.82, 2.24) is 10.2 Å². The molecule has 0 radical (unpaired) electrons. The van der Waals surface area contributed by atoms with Gasteiger partial charge in [0.2, 0.25) is 0 Å². The predicted octanol–water partition coefficient (Wildman–Crippen LogP) is 1.21. The maximum absolute atomic E-state index is 10.1. The van der Waals surface area contributed by atoms with E-state index in [1.807, 2.05) is 0 Å².